The molecule has 0 saturated heterocycles. The van der Waals surface area contributed by atoms with Crippen LogP contribution in [0.25, 0.3) is 6.08 Å². The highest BCUT2D eigenvalue weighted by molar-refractivity contribution is 6.32. The number of hydrogen-bond acceptors (Lipinski definition) is 2. The van der Waals surface area contributed by atoms with E-state index in [1.807, 2.05) is 26.0 Å². The van der Waals surface area contributed by atoms with Crippen molar-refractivity contribution in [1.82, 2.24) is 10.6 Å². The van der Waals surface area contributed by atoms with E-state index in [0.29, 0.717) is 28.6 Å². The Kier molecular flexibility index (Phi) is 6.78. The lowest BCUT2D eigenvalue weighted by atomic mass is 10.1. The first-order chi connectivity index (χ1) is 12.0. The van der Waals surface area contributed by atoms with Gasteiger partial charge < -0.3 is 10.6 Å². The first-order valence-corrected chi connectivity index (χ1v) is 8.46. The molecule has 2 rings (SSSR count). The van der Waals surface area contributed by atoms with Crippen LogP contribution in [0.3, 0.4) is 0 Å². The zero-order valence-corrected chi connectivity index (χ0v) is 15.0. The van der Waals surface area contributed by atoms with Crippen LogP contribution in [0.15, 0.2) is 60.3 Å². The maximum absolute atomic E-state index is 12.5. The largest absolute Gasteiger partial charge is 0.351 e. The Morgan fingerprint density at radius 3 is 2.32 bits per heavy atom. The van der Waals surface area contributed by atoms with Crippen molar-refractivity contribution in [3.63, 3.8) is 0 Å². The summed E-state index contributed by atoms with van der Waals surface area (Å²) in [7, 11) is 0. The second-order valence-corrected chi connectivity index (χ2v) is 6.41. The van der Waals surface area contributed by atoms with E-state index in [0.717, 1.165) is 0 Å². The summed E-state index contributed by atoms with van der Waals surface area (Å²) < 4.78 is 0. The van der Waals surface area contributed by atoms with Gasteiger partial charge >= 0.3 is 0 Å². The molecule has 0 aliphatic carbocycles. The van der Waals surface area contributed by atoms with Gasteiger partial charge in [0.05, 0.1) is 0 Å². The number of amides is 2. The monoisotopic (exact) mass is 356 g/mol. The summed E-state index contributed by atoms with van der Waals surface area (Å²) in [6.45, 7) is 4.51. The van der Waals surface area contributed by atoms with Crippen molar-refractivity contribution in [2.24, 2.45) is 5.92 Å². The molecule has 2 N–H and O–H groups in total. The molecule has 0 aromatic heterocycles. The fourth-order valence-corrected chi connectivity index (χ4v) is 2.27. The minimum absolute atomic E-state index is 0.155. The van der Waals surface area contributed by atoms with Gasteiger partial charge in [-0.1, -0.05) is 61.8 Å². The van der Waals surface area contributed by atoms with Crippen LogP contribution < -0.4 is 10.6 Å². The Morgan fingerprint density at radius 2 is 1.68 bits per heavy atom. The van der Waals surface area contributed by atoms with E-state index in [2.05, 4.69) is 10.6 Å². The smallest absolute Gasteiger partial charge is 0.267 e. The first kappa shape index (κ1) is 18.7. The predicted molar refractivity (Wildman–Crippen MR) is 101 cm³/mol. The van der Waals surface area contributed by atoms with Crippen LogP contribution in [0.1, 0.15) is 29.8 Å². The van der Waals surface area contributed by atoms with E-state index in [1.54, 1.807) is 48.5 Å². The fraction of sp³-hybridized carbons (Fsp3) is 0.200. The van der Waals surface area contributed by atoms with Crippen LogP contribution in [0.4, 0.5) is 0 Å². The highest BCUT2D eigenvalue weighted by Crippen LogP contribution is 2.18. The van der Waals surface area contributed by atoms with E-state index < -0.39 is 0 Å². The summed E-state index contributed by atoms with van der Waals surface area (Å²) in [6.07, 6.45) is 1.58. The van der Waals surface area contributed by atoms with E-state index >= 15 is 0 Å². The van der Waals surface area contributed by atoms with Gasteiger partial charge in [-0.2, -0.15) is 0 Å². The van der Waals surface area contributed by atoms with Crippen molar-refractivity contribution in [2.45, 2.75) is 13.8 Å². The third kappa shape index (κ3) is 5.76. The van der Waals surface area contributed by atoms with Crippen LogP contribution >= 0.6 is 11.6 Å². The zero-order valence-electron chi connectivity index (χ0n) is 14.3. The molecule has 0 unspecified atom stereocenters. The maximum Gasteiger partial charge on any atom is 0.267 e. The molecular formula is C20H21ClN2O2. The Balaban J connectivity index is 2.27. The number of carbonyl (C=O) groups excluding carboxylic acids is 2. The molecule has 0 spiro atoms. The second-order valence-electron chi connectivity index (χ2n) is 6.00. The average molecular weight is 357 g/mol. The van der Waals surface area contributed by atoms with Crippen molar-refractivity contribution in [3.8, 4) is 0 Å². The minimum atomic E-state index is -0.349. The number of hydrogen-bond donors (Lipinski definition) is 2. The van der Waals surface area contributed by atoms with Crippen molar-refractivity contribution in [3.05, 3.63) is 76.4 Å². The predicted octanol–water partition coefficient (Wildman–Crippen LogP) is 3.88. The van der Waals surface area contributed by atoms with Crippen LogP contribution in [0, 0.1) is 5.92 Å². The molecule has 0 aliphatic rings. The van der Waals surface area contributed by atoms with E-state index in [4.69, 9.17) is 11.6 Å². The van der Waals surface area contributed by atoms with Gasteiger partial charge in [0, 0.05) is 17.1 Å². The molecule has 0 atom stereocenters. The van der Waals surface area contributed by atoms with Crippen LogP contribution in [0.2, 0.25) is 5.02 Å². The highest BCUT2D eigenvalue weighted by Gasteiger charge is 2.15. The normalized spacial score (nSPS) is 11.3. The molecule has 0 aliphatic heterocycles. The number of rotatable bonds is 6. The summed E-state index contributed by atoms with van der Waals surface area (Å²) in [5.74, 6) is -0.396. The molecule has 2 amide bonds. The van der Waals surface area contributed by atoms with E-state index in [9.17, 15) is 9.59 Å². The van der Waals surface area contributed by atoms with Crippen molar-refractivity contribution >= 4 is 29.5 Å². The van der Waals surface area contributed by atoms with E-state index in [1.165, 1.54) is 0 Å². The molecule has 0 radical (unpaired) electrons. The van der Waals surface area contributed by atoms with Gasteiger partial charge in [0.2, 0.25) is 0 Å². The standard InChI is InChI=1S/C20H21ClN2O2/c1-14(2)13-22-20(25)18(12-16-10-6-7-11-17(16)21)23-19(24)15-8-4-3-5-9-15/h3-12,14H,13H2,1-2H3,(H,22,25)(H,23,24). The lowest BCUT2D eigenvalue weighted by molar-refractivity contribution is -0.117. The summed E-state index contributed by atoms with van der Waals surface area (Å²) in [5, 5.41) is 6.00. The summed E-state index contributed by atoms with van der Waals surface area (Å²) in [4.78, 5) is 24.9. The molecule has 0 fully saturated rings. The number of halogens is 1. The Bertz CT molecular complexity index is 770. The van der Waals surface area contributed by atoms with Gasteiger partial charge in [-0.05, 0) is 35.8 Å². The lowest BCUT2D eigenvalue weighted by Crippen LogP contribution is -2.36. The maximum atomic E-state index is 12.5. The number of nitrogens with one attached hydrogen (secondary N) is 2. The van der Waals surface area contributed by atoms with E-state index in [-0.39, 0.29) is 17.5 Å². The highest BCUT2D eigenvalue weighted by atomic mass is 35.5. The Hall–Kier alpha value is -2.59. The van der Waals surface area contributed by atoms with Crippen LogP contribution in [0.5, 0.6) is 0 Å². The lowest BCUT2D eigenvalue weighted by Gasteiger charge is -2.13. The molecule has 2 aromatic rings. The van der Waals surface area contributed by atoms with Crippen molar-refractivity contribution in [1.29, 1.82) is 0 Å². The third-order valence-corrected chi connectivity index (χ3v) is 3.75. The Labute approximate surface area is 152 Å². The molecular weight excluding hydrogens is 336 g/mol. The van der Waals surface area contributed by atoms with Gasteiger partial charge in [0.25, 0.3) is 11.8 Å². The first-order valence-electron chi connectivity index (χ1n) is 8.08. The molecule has 0 saturated carbocycles. The number of carbonyl (C=O) groups is 2. The van der Waals surface area contributed by atoms with Crippen molar-refractivity contribution in [2.75, 3.05) is 6.54 Å². The molecule has 4 nitrogen and oxygen atoms in total. The molecule has 2 aromatic carbocycles. The zero-order chi connectivity index (χ0) is 18.2. The molecule has 25 heavy (non-hydrogen) atoms. The second kappa shape index (κ2) is 9.04. The third-order valence-electron chi connectivity index (χ3n) is 3.40. The fourth-order valence-electron chi connectivity index (χ4n) is 2.08. The Morgan fingerprint density at radius 1 is 1.04 bits per heavy atom. The van der Waals surface area contributed by atoms with Crippen LogP contribution in [-0.2, 0) is 4.79 Å². The van der Waals surface area contributed by atoms with Gasteiger partial charge in [-0.3, -0.25) is 9.59 Å². The summed E-state index contributed by atoms with van der Waals surface area (Å²) in [5.41, 5.74) is 1.29. The van der Waals surface area contributed by atoms with Gasteiger partial charge in [-0.25, -0.2) is 0 Å². The number of benzene rings is 2. The molecule has 130 valence electrons. The molecule has 0 heterocycles. The SMILES string of the molecule is CC(C)CNC(=O)C(=Cc1ccccc1Cl)NC(=O)c1ccccc1. The summed E-state index contributed by atoms with van der Waals surface area (Å²) >= 11 is 6.17. The van der Waals surface area contributed by atoms with Crippen LogP contribution in [-0.4, -0.2) is 18.4 Å². The average Bonchev–Trinajstić information content (AvgIpc) is 2.61. The van der Waals surface area contributed by atoms with Gasteiger partial charge in [0.1, 0.15) is 5.70 Å². The van der Waals surface area contributed by atoms with Crippen molar-refractivity contribution < 1.29 is 9.59 Å². The summed E-state index contributed by atoms with van der Waals surface area (Å²) in [6, 6.07) is 15.9. The topological polar surface area (TPSA) is 58.2 Å². The molecule has 5 heteroatoms. The minimum Gasteiger partial charge on any atom is -0.351 e. The van der Waals surface area contributed by atoms with Gasteiger partial charge in [-0.15, -0.1) is 0 Å². The van der Waals surface area contributed by atoms with Gasteiger partial charge in [0.15, 0.2) is 0 Å². The molecule has 0 bridgehead atoms. The quantitative estimate of drug-likeness (QED) is 0.771.